The number of nitrogens with zero attached hydrogens (tertiary/aromatic N) is 2. The molecule has 1 saturated heterocycles. The Morgan fingerprint density at radius 3 is 2.35 bits per heavy atom. The fraction of sp³-hybridized carbons (Fsp3) is 0.909. The van der Waals surface area contributed by atoms with Crippen LogP contribution < -0.4 is 5.32 Å². The zero-order chi connectivity index (χ0) is 12.9. The molecular formula is C11H18F3N3. The van der Waals surface area contributed by atoms with Crippen LogP contribution in [0.3, 0.4) is 0 Å². The molecule has 0 aromatic carbocycles. The van der Waals surface area contributed by atoms with Crippen LogP contribution in [0, 0.1) is 11.3 Å². The van der Waals surface area contributed by atoms with E-state index in [0.29, 0.717) is 25.9 Å². The lowest BCUT2D eigenvalue weighted by Crippen LogP contribution is -2.54. The minimum absolute atomic E-state index is 0.458. The molecule has 1 heterocycles. The molecule has 6 heteroatoms. The topological polar surface area (TPSA) is 39.1 Å². The van der Waals surface area contributed by atoms with Gasteiger partial charge in [0.2, 0.25) is 0 Å². The van der Waals surface area contributed by atoms with E-state index in [0.717, 1.165) is 13.0 Å². The van der Waals surface area contributed by atoms with Gasteiger partial charge in [-0.05, 0) is 25.8 Å². The summed E-state index contributed by atoms with van der Waals surface area (Å²) in [5.41, 5.74) is -1.00. The van der Waals surface area contributed by atoms with Crippen LogP contribution in [0.2, 0.25) is 0 Å². The van der Waals surface area contributed by atoms with Crippen molar-refractivity contribution in [2.45, 2.75) is 37.9 Å². The molecular weight excluding hydrogens is 231 g/mol. The summed E-state index contributed by atoms with van der Waals surface area (Å²) in [4.78, 5) is 2.19. The molecule has 1 aliphatic rings. The van der Waals surface area contributed by atoms with Crippen LogP contribution in [0.5, 0.6) is 0 Å². The Balaban J connectivity index is 2.47. The van der Waals surface area contributed by atoms with Gasteiger partial charge in [-0.15, -0.1) is 0 Å². The molecule has 0 unspecified atom stereocenters. The predicted molar refractivity (Wildman–Crippen MR) is 58.4 cm³/mol. The molecule has 1 N–H and O–H groups in total. The molecule has 0 aromatic heterocycles. The predicted octanol–water partition coefficient (Wildman–Crippen LogP) is 1.91. The smallest absolute Gasteiger partial charge is 0.303 e. The van der Waals surface area contributed by atoms with Crippen molar-refractivity contribution in [3.8, 4) is 6.07 Å². The van der Waals surface area contributed by atoms with Gasteiger partial charge in [-0.25, -0.2) is 0 Å². The van der Waals surface area contributed by atoms with Crippen molar-refractivity contribution in [2.24, 2.45) is 0 Å². The summed E-state index contributed by atoms with van der Waals surface area (Å²) < 4.78 is 36.4. The number of halogens is 3. The van der Waals surface area contributed by atoms with Crippen molar-refractivity contribution in [3.63, 3.8) is 0 Å². The summed E-state index contributed by atoms with van der Waals surface area (Å²) in [6, 6.07) is 2.01. The van der Waals surface area contributed by atoms with Gasteiger partial charge in [0.15, 0.2) is 0 Å². The maximum absolute atomic E-state index is 12.1. The molecule has 0 spiro atoms. The zero-order valence-electron chi connectivity index (χ0n) is 9.98. The van der Waals surface area contributed by atoms with E-state index in [1.807, 2.05) is 6.07 Å². The van der Waals surface area contributed by atoms with Crippen LogP contribution in [0.15, 0.2) is 0 Å². The second-order valence-electron chi connectivity index (χ2n) is 4.50. The van der Waals surface area contributed by atoms with E-state index in [4.69, 9.17) is 5.26 Å². The third-order valence-corrected chi connectivity index (χ3v) is 3.09. The molecule has 0 saturated carbocycles. The average molecular weight is 249 g/mol. The molecule has 1 rings (SSSR count). The average Bonchev–Trinajstić information content (AvgIpc) is 2.28. The van der Waals surface area contributed by atoms with Crippen LogP contribution in [0.25, 0.3) is 0 Å². The van der Waals surface area contributed by atoms with Gasteiger partial charge in [0.05, 0.1) is 12.6 Å². The second kappa shape index (κ2) is 5.69. The van der Waals surface area contributed by atoms with Gasteiger partial charge >= 0.3 is 6.18 Å². The molecule has 1 aliphatic heterocycles. The molecule has 0 amide bonds. The normalized spacial score (nSPS) is 21.1. The van der Waals surface area contributed by atoms with Crippen molar-refractivity contribution >= 4 is 0 Å². The first kappa shape index (κ1) is 14.3. The lowest BCUT2D eigenvalue weighted by molar-refractivity contribution is -0.128. The number of nitriles is 1. The number of nitrogens with one attached hydrogen (secondary N) is 1. The van der Waals surface area contributed by atoms with Gasteiger partial charge in [0.25, 0.3) is 0 Å². The van der Waals surface area contributed by atoms with Gasteiger partial charge in [0, 0.05) is 13.1 Å². The SMILES string of the molecule is CCCN1CCC(C#N)(NCC(F)(F)F)CC1. The molecule has 0 bridgehead atoms. The number of piperidine rings is 1. The Morgan fingerprint density at radius 2 is 1.94 bits per heavy atom. The summed E-state index contributed by atoms with van der Waals surface area (Å²) in [6.45, 7) is 3.29. The third-order valence-electron chi connectivity index (χ3n) is 3.09. The minimum Gasteiger partial charge on any atom is -0.303 e. The molecule has 1 fully saturated rings. The highest BCUT2D eigenvalue weighted by Gasteiger charge is 2.38. The van der Waals surface area contributed by atoms with Gasteiger partial charge in [-0.3, -0.25) is 5.32 Å². The molecule has 98 valence electrons. The van der Waals surface area contributed by atoms with E-state index >= 15 is 0 Å². The van der Waals surface area contributed by atoms with Crippen LogP contribution in [-0.2, 0) is 0 Å². The van der Waals surface area contributed by atoms with E-state index in [1.165, 1.54) is 0 Å². The largest absolute Gasteiger partial charge is 0.401 e. The monoisotopic (exact) mass is 249 g/mol. The molecule has 0 aliphatic carbocycles. The lowest BCUT2D eigenvalue weighted by atomic mass is 9.89. The van der Waals surface area contributed by atoms with Crippen molar-refractivity contribution in [1.29, 1.82) is 5.26 Å². The fourth-order valence-electron chi connectivity index (χ4n) is 2.07. The van der Waals surface area contributed by atoms with E-state index in [2.05, 4.69) is 17.1 Å². The van der Waals surface area contributed by atoms with Crippen LogP contribution in [0.4, 0.5) is 13.2 Å². The molecule has 3 nitrogen and oxygen atoms in total. The first-order valence-electron chi connectivity index (χ1n) is 5.86. The maximum atomic E-state index is 12.1. The Kier molecular flexibility index (Phi) is 4.78. The Morgan fingerprint density at radius 1 is 1.35 bits per heavy atom. The number of hydrogen-bond acceptors (Lipinski definition) is 3. The molecule has 0 aromatic rings. The van der Waals surface area contributed by atoms with Gasteiger partial charge in [-0.1, -0.05) is 6.92 Å². The summed E-state index contributed by atoms with van der Waals surface area (Å²) in [5, 5.41) is 11.4. The van der Waals surface area contributed by atoms with Crippen LogP contribution >= 0.6 is 0 Å². The molecule has 0 atom stereocenters. The minimum atomic E-state index is -4.26. The quantitative estimate of drug-likeness (QED) is 0.827. The third kappa shape index (κ3) is 4.52. The molecule has 17 heavy (non-hydrogen) atoms. The zero-order valence-corrected chi connectivity index (χ0v) is 9.98. The van der Waals surface area contributed by atoms with Gasteiger partial charge in [-0.2, -0.15) is 18.4 Å². The van der Waals surface area contributed by atoms with Crippen molar-refractivity contribution in [3.05, 3.63) is 0 Å². The van der Waals surface area contributed by atoms with Crippen LogP contribution in [0.1, 0.15) is 26.2 Å². The van der Waals surface area contributed by atoms with E-state index in [9.17, 15) is 13.2 Å². The van der Waals surface area contributed by atoms with E-state index in [1.54, 1.807) is 0 Å². The number of alkyl halides is 3. The van der Waals surface area contributed by atoms with E-state index in [-0.39, 0.29) is 0 Å². The summed E-state index contributed by atoms with van der Waals surface area (Å²) >= 11 is 0. The molecule has 0 radical (unpaired) electrons. The maximum Gasteiger partial charge on any atom is 0.401 e. The highest BCUT2D eigenvalue weighted by atomic mass is 19.4. The van der Waals surface area contributed by atoms with Crippen molar-refractivity contribution in [2.75, 3.05) is 26.2 Å². The summed E-state index contributed by atoms with van der Waals surface area (Å²) in [6.07, 6.45) is -2.32. The highest BCUT2D eigenvalue weighted by Crippen LogP contribution is 2.23. The number of likely N-dealkylation sites (tertiary alicyclic amines) is 1. The van der Waals surface area contributed by atoms with Crippen molar-refractivity contribution < 1.29 is 13.2 Å². The Labute approximate surface area is 99.6 Å². The second-order valence-corrected chi connectivity index (χ2v) is 4.50. The standard InChI is InChI=1S/C11H18F3N3/c1-2-5-17-6-3-10(8-15,4-7-17)16-9-11(12,13)14/h16H,2-7,9H2,1H3. The lowest BCUT2D eigenvalue weighted by Gasteiger charge is -2.38. The summed E-state index contributed by atoms with van der Waals surface area (Å²) in [5.74, 6) is 0. The fourth-order valence-corrected chi connectivity index (χ4v) is 2.07. The highest BCUT2D eigenvalue weighted by molar-refractivity contribution is 5.09. The van der Waals surface area contributed by atoms with Gasteiger partial charge in [0.1, 0.15) is 5.54 Å². The Hall–Kier alpha value is -0.800. The number of rotatable bonds is 4. The number of hydrogen-bond donors (Lipinski definition) is 1. The van der Waals surface area contributed by atoms with Crippen LogP contribution in [-0.4, -0.2) is 42.8 Å². The Bertz CT molecular complexity index is 275. The van der Waals surface area contributed by atoms with Gasteiger partial charge < -0.3 is 4.90 Å². The van der Waals surface area contributed by atoms with E-state index < -0.39 is 18.3 Å². The first-order chi connectivity index (χ1) is 7.91. The first-order valence-corrected chi connectivity index (χ1v) is 5.86. The van der Waals surface area contributed by atoms with Crippen molar-refractivity contribution in [1.82, 2.24) is 10.2 Å². The summed E-state index contributed by atoms with van der Waals surface area (Å²) in [7, 11) is 0.